The van der Waals surface area contributed by atoms with Crippen molar-refractivity contribution in [2.24, 2.45) is 5.73 Å². The molecular weight excluding hydrogens is 266 g/mol. The van der Waals surface area contributed by atoms with Crippen molar-refractivity contribution in [2.45, 2.75) is 10.6 Å². The number of amidine groups is 1. The molecule has 0 aliphatic carbocycles. The molecule has 0 aliphatic heterocycles. The van der Waals surface area contributed by atoms with E-state index >= 15 is 0 Å². The minimum Gasteiger partial charge on any atom is -0.382 e. The van der Waals surface area contributed by atoms with E-state index in [1.54, 1.807) is 18.0 Å². The zero-order valence-electron chi connectivity index (χ0n) is 9.56. The van der Waals surface area contributed by atoms with E-state index in [0.717, 1.165) is 21.2 Å². The molecule has 1 heterocycles. The fourth-order valence-corrected chi connectivity index (χ4v) is 2.59. The molecule has 5 heteroatoms. The van der Waals surface area contributed by atoms with E-state index < -0.39 is 0 Å². The average molecular weight is 278 g/mol. The quantitative estimate of drug-likeness (QED) is 0.512. The van der Waals surface area contributed by atoms with Gasteiger partial charge in [0.05, 0.1) is 0 Å². The van der Waals surface area contributed by atoms with E-state index in [1.807, 2.05) is 36.4 Å². The second-order valence-electron chi connectivity index (χ2n) is 3.71. The number of nitrogen functional groups attached to an aromatic ring is 1. The Kier molecular flexibility index (Phi) is 4.23. The third kappa shape index (κ3) is 3.48. The van der Waals surface area contributed by atoms with Gasteiger partial charge in [-0.05, 0) is 35.9 Å². The highest BCUT2D eigenvalue weighted by Gasteiger charge is 2.01. The van der Waals surface area contributed by atoms with Gasteiger partial charge in [0.2, 0.25) is 0 Å². The Labute approximate surface area is 115 Å². The van der Waals surface area contributed by atoms with Gasteiger partial charge in [-0.25, -0.2) is 0 Å². The Bertz CT molecular complexity index is 572. The summed E-state index contributed by atoms with van der Waals surface area (Å²) in [6.45, 7) is 0. The van der Waals surface area contributed by atoms with Gasteiger partial charge in [-0.1, -0.05) is 17.7 Å². The zero-order chi connectivity index (χ0) is 13.0. The van der Waals surface area contributed by atoms with Crippen LogP contribution in [0.1, 0.15) is 11.3 Å². The molecule has 2 rings (SSSR count). The summed E-state index contributed by atoms with van der Waals surface area (Å²) in [4.78, 5) is 5.14. The maximum absolute atomic E-state index is 7.35. The number of thioether (sulfide) groups is 1. The first-order valence-electron chi connectivity index (χ1n) is 5.33. The van der Waals surface area contributed by atoms with Crippen LogP contribution in [0.5, 0.6) is 0 Å². The summed E-state index contributed by atoms with van der Waals surface area (Å²) in [5.74, 6) is 0.785. The van der Waals surface area contributed by atoms with Crippen LogP contribution >= 0.6 is 23.4 Å². The summed E-state index contributed by atoms with van der Waals surface area (Å²) in [6, 6.07) is 11.5. The largest absolute Gasteiger partial charge is 0.382 e. The minimum absolute atomic E-state index is 0.00962. The van der Waals surface area contributed by atoms with Crippen molar-refractivity contribution in [1.82, 2.24) is 4.98 Å². The molecule has 3 N–H and O–H groups in total. The van der Waals surface area contributed by atoms with Crippen molar-refractivity contribution in [2.75, 3.05) is 0 Å². The van der Waals surface area contributed by atoms with Crippen molar-refractivity contribution < 1.29 is 0 Å². The number of hydrogen-bond donors (Lipinski definition) is 2. The van der Waals surface area contributed by atoms with Gasteiger partial charge in [0.25, 0.3) is 0 Å². The summed E-state index contributed by atoms with van der Waals surface area (Å²) >= 11 is 7.61. The fourth-order valence-electron chi connectivity index (χ4n) is 1.43. The second-order valence-corrected chi connectivity index (χ2v) is 5.19. The lowest BCUT2D eigenvalue weighted by Crippen LogP contribution is -2.13. The summed E-state index contributed by atoms with van der Waals surface area (Å²) in [6.07, 6.45) is 1.67. The molecule has 0 saturated carbocycles. The van der Waals surface area contributed by atoms with Crippen LogP contribution in [0, 0.1) is 5.41 Å². The molecule has 0 aliphatic rings. The Morgan fingerprint density at radius 3 is 2.89 bits per heavy atom. The van der Waals surface area contributed by atoms with Crippen LogP contribution in [0.4, 0.5) is 0 Å². The van der Waals surface area contributed by atoms with E-state index in [0.29, 0.717) is 5.69 Å². The standard InChI is InChI=1S/C13H12ClN3S/c14-10-2-1-3-11(7-10)18-8-9-4-5-17-12(6-9)13(15)16/h1-7H,8H2,(H3,15,16). The van der Waals surface area contributed by atoms with Crippen LogP contribution in [0.25, 0.3) is 0 Å². The van der Waals surface area contributed by atoms with Gasteiger partial charge >= 0.3 is 0 Å². The lowest BCUT2D eigenvalue weighted by atomic mass is 10.2. The average Bonchev–Trinajstić information content (AvgIpc) is 2.37. The van der Waals surface area contributed by atoms with E-state index in [-0.39, 0.29) is 5.84 Å². The number of hydrogen-bond acceptors (Lipinski definition) is 3. The first-order chi connectivity index (χ1) is 8.65. The predicted molar refractivity (Wildman–Crippen MR) is 76.3 cm³/mol. The SMILES string of the molecule is N=C(N)c1cc(CSc2cccc(Cl)c2)ccn1. The number of nitrogens with two attached hydrogens (primary N) is 1. The molecule has 0 amide bonds. The third-order valence-corrected chi connectivity index (χ3v) is 3.60. The van der Waals surface area contributed by atoms with Gasteiger partial charge in [0, 0.05) is 21.9 Å². The molecule has 18 heavy (non-hydrogen) atoms. The fraction of sp³-hybridized carbons (Fsp3) is 0.0769. The Hall–Kier alpha value is -1.52. The summed E-state index contributed by atoms with van der Waals surface area (Å²) in [5, 5.41) is 8.08. The molecule has 3 nitrogen and oxygen atoms in total. The number of pyridine rings is 1. The van der Waals surface area contributed by atoms with Gasteiger partial charge in [-0.2, -0.15) is 0 Å². The van der Waals surface area contributed by atoms with Gasteiger partial charge in [-0.3, -0.25) is 10.4 Å². The van der Waals surface area contributed by atoms with Gasteiger partial charge in [0.1, 0.15) is 11.5 Å². The molecule has 1 aromatic carbocycles. The number of halogens is 1. The molecule has 0 spiro atoms. The summed E-state index contributed by atoms with van der Waals surface area (Å²) in [7, 11) is 0. The molecule has 0 atom stereocenters. The first kappa shape index (κ1) is 12.9. The summed E-state index contributed by atoms with van der Waals surface area (Å²) in [5.41, 5.74) is 7.00. The van der Waals surface area contributed by atoms with Crippen LogP contribution in [-0.2, 0) is 5.75 Å². The topological polar surface area (TPSA) is 62.8 Å². The van der Waals surface area contributed by atoms with Crippen LogP contribution < -0.4 is 5.73 Å². The molecule has 0 bridgehead atoms. The molecular formula is C13H12ClN3S. The highest BCUT2D eigenvalue weighted by atomic mass is 35.5. The highest BCUT2D eigenvalue weighted by Crippen LogP contribution is 2.25. The predicted octanol–water partition coefficient (Wildman–Crippen LogP) is 3.31. The Morgan fingerprint density at radius 1 is 1.33 bits per heavy atom. The van der Waals surface area contributed by atoms with Crippen LogP contribution in [0.2, 0.25) is 5.02 Å². The van der Waals surface area contributed by atoms with Crippen molar-refractivity contribution in [1.29, 1.82) is 5.41 Å². The smallest absolute Gasteiger partial charge is 0.141 e. The van der Waals surface area contributed by atoms with Crippen molar-refractivity contribution in [3.8, 4) is 0 Å². The highest BCUT2D eigenvalue weighted by molar-refractivity contribution is 7.98. The lowest BCUT2D eigenvalue weighted by molar-refractivity contribution is 1.22. The van der Waals surface area contributed by atoms with Crippen molar-refractivity contribution in [3.05, 3.63) is 58.9 Å². The molecule has 0 unspecified atom stereocenters. The second kappa shape index (κ2) is 5.89. The number of nitrogens with zero attached hydrogens (tertiary/aromatic N) is 1. The minimum atomic E-state index is -0.00962. The van der Waals surface area contributed by atoms with Crippen LogP contribution in [-0.4, -0.2) is 10.8 Å². The molecule has 0 fully saturated rings. The maximum Gasteiger partial charge on any atom is 0.141 e. The molecule has 1 aromatic heterocycles. The van der Waals surface area contributed by atoms with E-state index in [2.05, 4.69) is 4.98 Å². The first-order valence-corrected chi connectivity index (χ1v) is 6.69. The van der Waals surface area contributed by atoms with Gasteiger partial charge in [0.15, 0.2) is 0 Å². The van der Waals surface area contributed by atoms with E-state index in [9.17, 15) is 0 Å². The van der Waals surface area contributed by atoms with Crippen molar-refractivity contribution in [3.63, 3.8) is 0 Å². The normalized spacial score (nSPS) is 10.3. The monoisotopic (exact) mass is 277 g/mol. The lowest BCUT2D eigenvalue weighted by Gasteiger charge is -2.04. The van der Waals surface area contributed by atoms with Crippen molar-refractivity contribution >= 4 is 29.2 Å². The summed E-state index contributed by atoms with van der Waals surface area (Å²) < 4.78 is 0. The Morgan fingerprint density at radius 2 is 2.17 bits per heavy atom. The van der Waals surface area contributed by atoms with Crippen LogP contribution in [0.15, 0.2) is 47.5 Å². The zero-order valence-corrected chi connectivity index (χ0v) is 11.1. The molecule has 0 radical (unpaired) electrons. The number of aromatic nitrogens is 1. The maximum atomic E-state index is 7.35. The number of benzene rings is 1. The number of rotatable bonds is 4. The third-order valence-electron chi connectivity index (χ3n) is 2.30. The molecule has 0 saturated heterocycles. The molecule has 92 valence electrons. The molecule has 2 aromatic rings. The Balaban J connectivity index is 2.06. The van der Waals surface area contributed by atoms with E-state index in [1.165, 1.54) is 0 Å². The number of nitrogens with one attached hydrogen (secondary N) is 1. The van der Waals surface area contributed by atoms with Gasteiger partial charge in [-0.15, -0.1) is 11.8 Å². The van der Waals surface area contributed by atoms with Crippen LogP contribution in [0.3, 0.4) is 0 Å². The van der Waals surface area contributed by atoms with E-state index in [4.69, 9.17) is 22.7 Å². The van der Waals surface area contributed by atoms with Gasteiger partial charge < -0.3 is 5.73 Å².